The van der Waals surface area contributed by atoms with E-state index in [2.05, 4.69) is 4.98 Å². The molecule has 1 aromatic heterocycles. The van der Waals surface area contributed by atoms with E-state index in [4.69, 9.17) is 5.26 Å². The summed E-state index contributed by atoms with van der Waals surface area (Å²) < 4.78 is 1.81. The van der Waals surface area contributed by atoms with Crippen LogP contribution < -0.4 is 0 Å². The molecule has 16 heavy (non-hydrogen) atoms. The van der Waals surface area contributed by atoms with Gasteiger partial charge in [0.25, 0.3) is 0 Å². The Morgan fingerprint density at radius 2 is 2.12 bits per heavy atom. The third-order valence-electron chi connectivity index (χ3n) is 2.37. The van der Waals surface area contributed by atoms with E-state index in [0.717, 1.165) is 5.56 Å². The average Bonchev–Trinajstić information content (AvgIpc) is 2.82. The Balaban J connectivity index is 2.09. The molecule has 2 aromatic rings. The summed E-state index contributed by atoms with van der Waals surface area (Å²) in [6.07, 6.45) is 4.55. The van der Waals surface area contributed by atoms with Crippen molar-refractivity contribution in [2.45, 2.75) is 12.6 Å². The van der Waals surface area contributed by atoms with Crippen LogP contribution in [-0.4, -0.2) is 14.7 Å². The highest BCUT2D eigenvalue weighted by molar-refractivity contribution is 5.32. The van der Waals surface area contributed by atoms with Crippen molar-refractivity contribution < 1.29 is 5.11 Å². The number of aromatic nitrogens is 2. The number of rotatable bonds is 3. The first kappa shape index (κ1) is 10.4. The summed E-state index contributed by atoms with van der Waals surface area (Å²) in [6.45, 7) is 0.464. The van der Waals surface area contributed by atoms with Crippen LogP contribution >= 0.6 is 0 Å². The van der Waals surface area contributed by atoms with E-state index in [-0.39, 0.29) is 0 Å². The molecule has 1 heterocycles. The molecule has 2 rings (SSSR count). The van der Waals surface area contributed by atoms with Crippen molar-refractivity contribution in [2.24, 2.45) is 0 Å². The van der Waals surface area contributed by atoms with Crippen molar-refractivity contribution in [1.82, 2.24) is 9.55 Å². The number of imidazole rings is 1. The maximum atomic E-state index is 9.92. The van der Waals surface area contributed by atoms with Crippen molar-refractivity contribution in [3.8, 4) is 6.07 Å². The molecule has 4 nitrogen and oxygen atoms in total. The molecule has 0 aliphatic carbocycles. The third-order valence-corrected chi connectivity index (χ3v) is 2.37. The highest BCUT2D eigenvalue weighted by Gasteiger charge is 2.07. The standard InChI is InChI=1S/C12H11N3O/c13-7-10-1-3-11(4-2-10)12(16)8-15-6-5-14-9-15/h1-6,9,12,16H,8H2. The lowest BCUT2D eigenvalue weighted by Crippen LogP contribution is -2.06. The van der Waals surface area contributed by atoms with Gasteiger partial charge in [-0.3, -0.25) is 0 Å². The van der Waals surface area contributed by atoms with Crippen LogP contribution in [0.2, 0.25) is 0 Å². The fourth-order valence-corrected chi connectivity index (χ4v) is 1.48. The zero-order valence-corrected chi connectivity index (χ0v) is 8.61. The summed E-state index contributed by atoms with van der Waals surface area (Å²) in [5, 5.41) is 18.6. The van der Waals surface area contributed by atoms with E-state index in [0.29, 0.717) is 12.1 Å². The van der Waals surface area contributed by atoms with Crippen LogP contribution in [0.3, 0.4) is 0 Å². The Morgan fingerprint density at radius 3 is 2.69 bits per heavy atom. The Kier molecular flexibility index (Phi) is 2.99. The first-order chi connectivity index (χ1) is 7.79. The number of hydrogen-bond donors (Lipinski definition) is 1. The van der Waals surface area contributed by atoms with Crippen molar-refractivity contribution in [1.29, 1.82) is 5.26 Å². The van der Waals surface area contributed by atoms with Gasteiger partial charge in [-0.05, 0) is 17.7 Å². The maximum absolute atomic E-state index is 9.92. The van der Waals surface area contributed by atoms with Crippen molar-refractivity contribution in [3.63, 3.8) is 0 Å². The lowest BCUT2D eigenvalue weighted by atomic mass is 10.1. The summed E-state index contributed by atoms with van der Waals surface area (Å²) in [7, 11) is 0. The maximum Gasteiger partial charge on any atom is 0.0991 e. The molecule has 80 valence electrons. The van der Waals surface area contributed by atoms with E-state index in [1.165, 1.54) is 0 Å². The van der Waals surface area contributed by atoms with Crippen molar-refractivity contribution in [2.75, 3.05) is 0 Å². The lowest BCUT2D eigenvalue weighted by Gasteiger charge is -2.11. The Morgan fingerprint density at radius 1 is 1.38 bits per heavy atom. The van der Waals surface area contributed by atoms with E-state index < -0.39 is 6.10 Å². The van der Waals surface area contributed by atoms with Crippen LogP contribution in [0.5, 0.6) is 0 Å². The van der Waals surface area contributed by atoms with Gasteiger partial charge in [-0.2, -0.15) is 5.26 Å². The zero-order chi connectivity index (χ0) is 11.4. The summed E-state index contributed by atoms with van der Waals surface area (Å²) in [4.78, 5) is 3.91. The molecule has 0 bridgehead atoms. The largest absolute Gasteiger partial charge is 0.387 e. The van der Waals surface area contributed by atoms with Crippen molar-refractivity contribution in [3.05, 3.63) is 54.1 Å². The van der Waals surface area contributed by atoms with Gasteiger partial charge in [-0.1, -0.05) is 12.1 Å². The first-order valence-electron chi connectivity index (χ1n) is 4.93. The van der Waals surface area contributed by atoms with Crippen LogP contribution in [0.1, 0.15) is 17.2 Å². The number of benzene rings is 1. The molecule has 1 N–H and O–H groups in total. The normalized spacial score (nSPS) is 12.0. The van der Waals surface area contributed by atoms with Crippen LogP contribution in [0.4, 0.5) is 0 Å². The van der Waals surface area contributed by atoms with Gasteiger partial charge in [-0.25, -0.2) is 4.98 Å². The third kappa shape index (κ3) is 2.27. The Labute approximate surface area is 93.4 Å². The number of nitrogens with zero attached hydrogens (tertiary/aromatic N) is 3. The summed E-state index contributed by atoms with van der Waals surface area (Å²) in [5.41, 5.74) is 1.39. The Hall–Kier alpha value is -2.12. The second-order valence-electron chi connectivity index (χ2n) is 3.51. The zero-order valence-electron chi connectivity index (χ0n) is 8.61. The molecule has 0 aliphatic rings. The molecule has 0 amide bonds. The van der Waals surface area contributed by atoms with Gasteiger partial charge in [0.05, 0.1) is 30.6 Å². The van der Waals surface area contributed by atoms with E-state index in [9.17, 15) is 5.11 Å². The minimum Gasteiger partial charge on any atom is -0.387 e. The van der Waals surface area contributed by atoms with Crippen LogP contribution in [0, 0.1) is 11.3 Å². The lowest BCUT2D eigenvalue weighted by molar-refractivity contribution is 0.156. The van der Waals surface area contributed by atoms with Gasteiger partial charge >= 0.3 is 0 Å². The number of nitriles is 1. The summed E-state index contributed by atoms with van der Waals surface area (Å²) in [6, 6.07) is 8.97. The van der Waals surface area contributed by atoms with Crippen LogP contribution in [-0.2, 0) is 6.54 Å². The Bertz CT molecular complexity index is 482. The topological polar surface area (TPSA) is 61.8 Å². The highest BCUT2D eigenvalue weighted by Crippen LogP contribution is 2.15. The fourth-order valence-electron chi connectivity index (χ4n) is 1.48. The van der Waals surface area contributed by atoms with Crippen LogP contribution in [0.25, 0.3) is 0 Å². The number of aliphatic hydroxyl groups is 1. The minimum absolute atomic E-state index is 0.464. The quantitative estimate of drug-likeness (QED) is 0.840. The molecular weight excluding hydrogens is 202 g/mol. The summed E-state index contributed by atoms with van der Waals surface area (Å²) >= 11 is 0. The highest BCUT2D eigenvalue weighted by atomic mass is 16.3. The van der Waals surface area contributed by atoms with E-state index >= 15 is 0 Å². The second kappa shape index (κ2) is 4.60. The van der Waals surface area contributed by atoms with Gasteiger partial charge in [0.1, 0.15) is 0 Å². The predicted molar refractivity (Wildman–Crippen MR) is 58.3 cm³/mol. The summed E-state index contributed by atoms with van der Waals surface area (Å²) in [5.74, 6) is 0. The smallest absolute Gasteiger partial charge is 0.0991 e. The molecule has 1 aromatic carbocycles. The second-order valence-corrected chi connectivity index (χ2v) is 3.51. The monoisotopic (exact) mass is 213 g/mol. The van der Waals surface area contributed by atoms with Crippen LogP contribution in [0.15, 0.2) is 43.0 Å². The van der Waals surface area contributed by atoms with Gasteiger partial charge in [0.15, 0.2) is 0 Å². The van der Waals surface area contributed by atoms with Gasteiger partial charge < -0.3 is 9.67 Å². The SMILES string of the molecule is N#Cc1ccc(C(O)Cn2ccnc2)cc1. The molecule has 0 saturated carbocycles. The molecule has 4 heteroatoms. The number of hydrogen-bond acceptors (Lipinski definition) is 3. The van der Waals surface area contributed by atoms with E-state index in [1.54, 1.807) is 43.0 Å². The molecule has 0 radical (unpaired) electrons. The van der Waals surface area contributed by atoms with E-state index in [1.807, 2.05) is 10.6 Å². The molecule has 0 fully saturated rings. The number of aliphatic hydroxyl groups excluding tert-OH is 1. The van der Waals surface area contributed by atoms with Crippen molar-refractivity contribution >= 4 is 0 Å². The predicted octanol–water partition coefficient (Wildman–Crippen LogP) is 1.49. The van der Waals surface area contributed by atoms with Gasteiger partial charge in [0.2, 0.25) is 0 Å². The fraction of sp³-hybridized carbons (Fsp3) is 0.167. The molecule has 1 atom stereocenters. The minimum atomic E-state index is -0.582. The molecule has 0 spiro atoms. The molecule has 0 aliphatic heterocycles. The molecule has 0 saturated heterocycles. The molecule has 1 unspecified atom stereocenters. The first-order valence-corrected chi connectivity index (χ1v) is 4.93. The molecular formula is C12H11N3O. The van der Waals surface area contributed by atoms with Gasteiger partial charge in [-0.15, -0.1) is 0 Å². The van der Waals surface area contributed by atoms with Gasteiger partial charge in [0, 0.05) is 12.4 Å². The average molecular weight is 213 g/mol.